The van der Waals surface area contributed by atoms with Gasteiger partial charge in [0.25, 0.3) is 5.69 Å². The summed E-state index contributed by atoms with van der Waals surface area (Å²) in [4.78, 5) is 21.1. The van der Waals surface area contributed by atoms with Crippen molar-refractivity contribution in [1.82, 2.24) is 0 Å². The van der Waals surface area contributed by atoms with Crippen LogP contribution in [0.2, 0.25) is 0 Å². The highest BCUT2D eigenvalue weighted by Crippen LogP contribution is 2.25. The minimum atomic E-state index is -0.907. The van der Waals surface area contributed by atoms with Crippen LogP contribution in [0.3, 0.4) is 0 Å². The first-order valence-corrected chi connectivity index (χ1v) is 4.95. The molecule has 86 valence electrons. The van der Waals surface area contributed by atoms with Gasteiger partial charge in [-0.1, -0.05) is 13.0 Å². The number of carboxylic acid groups (broad SMARTS) is 1. The van der Waals surface area contributed by atoms with Crippen molar-refractivity contribution in [3.8, 4) is 0 Å². The lowest BCUT2D eigenvalue weighted by molar-refractivity contribution is -0.385. The normalized spacial score (nSPS) is 12.1. The lowest BCUT2D eigenvalue weighted by Crippen LogP contribution is -2.10. The number of hydrogen-bond acceptors (Lipinski definition) is 3. The molecule has 1 unspecified atom stereocenters. The average Bonchev–Trinajstić information content (AvgIpc) is 2.17. The Bertz CT molecular complexity index is 428. The molecule has 0 aliphatic carbocycles. The quantitative estimate of drug-likeness (QED) is 0.628. The van der Waals surface area contributed by atoms with Crippen LogP contribution in [0.15, 0.2) is 18.2 Å². The minimum Gasteiger partial charge on any atom is -0.481 e. The number of nitro groups is 1. The molecule has 1 atom stereocenters. The number of hydrogen-bond donors (Lipinski definition) is 1. The molecule has 0 saturated heterocycles. The van der Waals surface area contributed by atoms with E-state index in [1.54, 1.807) is 19.9 Å². The molecule has 1 rings (SSSR count). The molecule has 0 spiro atoms. The lowest BCUT2D eigenvalue weighted by Gasteiger charge is -2.10. The van der Waals surface area contributed by atoms with Gasteiger partial charge >= 0.3 is 5.97 Å². The van der Waals surface area contributed by atoms with E-state index in [-0.39, 0.29) is 5.69 Å². The summed E-state index contributed by atoms with van der Waals surface area (Å²) in [7, 11) is 0. The summed E-state index contributed by atoms with van der Waals surface area (Å²) >= 11 is 0. The molecule has 0 radical (unpaired) electrons. The van der Waals surface area contributed by atoms with Crippen LogP contribution in [-0.2, 0) is 4.79 Å². The van der Waals surface area contributed by atoms with Crippen LogP contribution in [0.1, 0.15) is 30.4 Å². The van der Waals surface area contributed by atoms with E-state index in [9.17, 15) is 14.9 Å². The Morgan fingerprint density at radius 2 is 2.19 bits per heavy atom. The van der Waals surface area contributed by atoms with E-state index in [1.807, 2.05) is 0 Å². The summed E-state index contributed by atoms with van der Waals surface area (Å²) in [6, 6.07) is 4.43. The SMILES string of the molecule is CCC(C(=O)O)c1ccc([N+](=O)[O-])c(C)c1. The van der Waals surface area contributed by atoms with Crippen molar-refractivity contribution in [2.45, 2.75) is 26.2 Å². The summed E-state index contributed by atoms with van der Waals surface area (Å²) in [5.41, 5.74) is 1.12. The molecule has 1 aromatic carbocycles. The topological polar surface area (TPSA) is 80.4 Å². The maximum Gasteiger partial charge on any atom is 0.310 e. The van der Waals surface area contributed by atoms with E-state index in [1.165, 1.54) is 12.1 Å². The van der Waals surface area contributed by atoms with E-state index in [2.05, 4.69) is 0 Å². The van der Waals surface area contributed by atoms with Gasteiger partial charge in [-0.2, -0.15) is 0 Å². The number of nitrogens with zero attached hydrogens (tertiary/aromatic N) is 1. The summed E-state index contributed by atoms with van der Waals surface area (Å²) in [6.07, 6.45) is 0.465. The van der Waals surface area contributed by atoms with Gasteiger partial charge in [-0.3, -0.25) is 14.9 Å². The summed E-state index contributed by atoms with van der Waals surface area (Å²) in [5, 5.41) is 19.6. The fourth-order valence-corrected chi connectivity index (χ4v) is 1.65. The fraction of sp³-hybridized carbons (Fsp3) is 0.364. The maximum atomic E-state index is 10.9. The van der Waals surface area contributed by atoms with Crippen molar-refractivity contribution in [2.75, 3.05) is 0 Å². The van der Waals surface area contributed by atoms with Crippen molar-refractivity contribution in [1.29, 1.82) is 0 Å². The molecular formula is C11H13NO4. The van der Waals surface area contributed by atoms with Gasteiger partial charge in [-0.15, -0.1) is 0 Å². The van der Waals surface area contributed by atoms with Gasteiger partial charge in [-0.05, 0) is 25.0 Å². The number of nitro benzene ring substituents is 1. The van der Waals surface area contributed by atoms with Gasteiger partial charge in [-0.25, -0.2) is 0 Å². The van der Waals surface area contributed by atoms with Crippen LogP contribution < -0.4 is 0 Å². The van der Waals surface area contributed by atoms with Gasteiger partial charge in [0, 0.05) is 11.6 Å². The second-order valence-corrected chi connectivity index (χ2v) is 3.60. The molecule has 0 fully saturated rings. The molecule has 0 amide bonds. The third kappa shape index (κ3) is 2.36. The smallest absolute Gasteiger partial charge is 0.310 e. The third-order valence-corrected chi connectivity index (χ3v) is 2.53. The van der Waals surface area contributed by atoms with Crippen LogP contribution in [0.25, 0.3) is 0 Å². The second kappa shape index (κ2) is 4.74. The number of aryl methyl sites for hydroxylation is 1. The Hall–Kier alpha value is -1.91. The largest absolute Gasteiger partial charge is 0.481 e. The molecule has 5 heteroatoms. The monoisotopic (exact) mass is 223 g/mol. The Balaban J connectivity index is 3.14. The number of benzene rings is 1. The molecule has 16 heavy (non-hydrogen) atoms. The van der Waals surface area contributed by atoms with Crippen LogP contribution in [0.5, 0.6) is 0 Å². The van der Waals surface area contributed by atoms with Gasteiger partial charge in [0.2, 0.25) is 0 Å². The molecule has 0 aliphatic rings. The van der Waals surface area contributed by atoms with E-state index >= 15 is 0 Å². The summed E-state index contributed by atoms with van der Waals surface area (Å²) in [5.74, 6) is -1.50. The fourth-order valence-electron chi connectivity index (χ4n) is 1.65. The van der Waals surface area contributed by atoms with E-state index in [4.69, 9.17) is 5.11 Å². The standard InChI is InChI=1S/C11H13NO4/c1-3-9(11(13)14)8-4-5-10(12(15)16)7(2)6-8/h4-6,9H,3H2,1-2H3,(H,13,14). The van der Waals surface area contributed by atoms with Crippen molar-refractivity contribution >= 4 is 11.7 Å². The highest BCUT2D eigenvalue weighted by atomic mass is 16.6. The zero-order valence-corrected chi connectivity index (χ0v) is 9.14. The Kier molecular flexibility index (Phi) is 3.60. The van der Waals surface area contributed by atoms with Gasteiger partial charge in [0.15, 0.2) is 0 Å². The molecule has 0 aliphatic heterocycles. The van der Waals surface area contributed by atoms with Crippen LogP contribution in [0, 0.1) is 17.0 Å². The number of carbonyl (C=O) groups is 1. The molecular weight excluding hydrogens is 210 g/mol. The molecule has 0 saturated carbocycles. The Labute approximate surface area is 92.9 Å². The minimum absolute atomic E-state index is 0.0176. The zero-order valence-electron chi connectivity index (χ0n) is 9.14. The van der Waals surface area contributed by atoms with Crippen molar-refractivity contribution in [3.05, 3.63) is 39.4 Å². The predicted molar refractivity (Wildman–Crippen MR) is 58.5 cm³/mol. The first-order chi connectivity index (χ1) is 7.47. The zero-order chi connectivity index (χ0) is 12.3. The lowest BCUT2D eigenvalue weighted by atomic mass is 9.95. The predicted octanol–water partition coefficient (Wildman–Crippen LogP) is 2.48. The molecule has 0 heterocycles. The molecule has 1 aromatic rings. The van der Waals surface area contributed by atoms with Crippen molar-refractivity contribution < 1.29 is 14.8 Å². The Morgan fingerprint density at radius 3 is 2.56 bits per heavy atom. The van der Waals surface area contributed by atoms with Gasteiger partial charge in [0.1, 0.15) is 0 Å². The first-order valence-electron chi connectivity index (χ1n) is 4.95. The van der Waals surface area contributed by atoms with Gasteiger partial charge < -0.3 is 5.11 Å². The highest BCUT2D eigenvalue weighted by Gasteiger charge is 2.20. The first kappa shape index (κ1) is 12.2. The van der Waals surface area contributed by atoms with Crippen molar-refractivity contribution in [2.24, 2.45) is 0 Å². The van der Waals surface area contributed by atoms with E-state index in [0.29, 0.717) is 17.5 Å². The van der Waals surface area contributed by atoms with E-state index < -0.39 is 16.8 Å². The number of aliphatic carboxylic acids is 1. The Morgan fingerprint density at radius 1 is 1.56 bits per heavy atom. The van der Waals surface area contributed by atoms with Gasteiger partial charge in [0.05, 0.1) is 10.8 Å². The van der Waals surface area contributed by atoms with Crippen LogP contribution in [0.4, 0.5) is 5.69 Å². The van der Waals surface area contributed by atoms with Crippen LogP contribution >= 0.6 is 0 Å². The van der Waals surface area contributed by atoms with Crippen molar-refractivity contribution in [3.63, 3.8) is 0 Å². The maximum absolute atomic E-state index is 10.9. The number of rotatable bonds is 4. The second-order valence-electron chi connectivity index (χ2n) is 3.60. The average molecular weight is 223 g/mol. The molecule has 0 aromatic heterocycles. The van der Waals surface area contributed by atoms with Crippen LogP contribution in [-0.4, -0.2) is 16.0 Å². The summed E-state index contributed by atoms with van der Waals surface area (Å²) in [6.45, 7) is 3.38. The summed E-state index contributed by atoms with van der Waals surface area (Å²) < 4.78 is 0. The molecule has 5 nitrogen and oxygen atoms in total. The number of carboxylic acids is 1. The highest BCUT2D eigenvalue weighted by molar-refractivity contribution is 5.76. The van der Waals surface area contributed by atoms with E-state index in [0.717, 1.165) is 0 Å². The molecule has 0 bridgehead atoms. The third-order valence-electron chi connectivity index (χ3n) is 2.53. The molecule has 1 N–H and O–H groups in total.